The number of ether oxygens (including phenoxy) is 1. The van der Waals surface area contributed by atoms with E-state index in [2.05, 4.69) is 15.6 Å². The van der Waals surface area contributed by atoms with Crippen molar-refractivity contribution < 1.29 is 9.53 Å². The third-order valence-electron chi connectivity index (χ3n) is 3.55. The molecule has 7 heteroatoms. The van der Waals surface area contributed by atoms with Crippen LogP contribution >= 0.6 is 23.2 Å². The minimum atomic E-state index is -0.382. The Kier molecular flexibility index (Phi) is 5.61. The third-order valence-corrected chi connectivity index (χ3v) is 4.11. The van der Waals surface area contributed by atoms with E-state index in [0.29, 0.717) is 15.7 Å². The normalized spacial score (nSPS) is 10.3. The number of halogens is 2. The molecule has 1 heterocycles. The molecule has 0 fully saturated rings. The molecule has 2 N–H and O–H groups in total. The Morgan fingerprint density at radius 2 is 1.77 bits per heavy atom. The summed E-state index contributed by atoms with van der Waals surface area (Å²) < 4.78 is 5.13. The Balaban J connectivity index is 1.75. The van der Waals surface area contributed by atoms with E-state index >= 15 is 0 Å². The molecule has 0 aliphatic rings. The van der Waals surface area contributed by atoms with Crippen LogP contribution in [0.25, 0.3) is 0 Å². The fraction of sp³-hybridized carbons (Fsp3) is 0.0526. The SMILES string of the molecule is COc1ccc(Nc2ccnc(C(=O)Nc3cc(Cl)ccc3Cl)c2)cc1. The van der Waals surface area contributed by atoms with Gasteiger partial charge in [-0.05, 0) is 54.6 Å². The molecule has 0 aliphatic carbocycles. The number of nitrogens with one attached hydrogen (secondary N) is 2. The number of carbonyl (C=O) groups excluding carboxylic acids is 1. The van der Waals surface area contributed by atoms with Gasteiger partial charge in [0.05, 0.1) is 17.8 Å². The van der Waals surface area contributed by atoms with E-state index in [4.69, 9.17) is 27.9 Å². The molecule has 3 aromatic rings. The van der Waals surface area contributed by atoms with Crippen LogP contribution in [-0.2, 0) is 0 Å². The Hall–Kier alpha value is -2.76. The van der Waals surface area contributed by atoms with E-state index in [-0.39, 0.29) is 11.6 Å². The number of rotatable bonds is 5. The first-order chi connectivity index (χ1) is 12.5. The number of nitrogens with zero attached hydrogens (tertiary/aromatic N) is 1. The maximum atomic E-state index is 12.4. The summed E-state index contributed by atoms with van der Waals surface area (Å²) in [6.45, 7) is 0. The minimum Gasteiger partial charge on any atom is -0.497 e. The highest BCUT2D eigenvalue weighted by molar-refractivity contribution is 6.35. The quantitative estimate of drug-likeness (QED) is 0.615. The highest BCUT2D eigenvalue weighted by atomic mass is 35.5. The topological polar surface area (TPSA) is 63.2 Å². The van der Waals surface area contributed by atoms with Gasteiger partial charge < -0.3 is 15.4 Å². The van der Waals surface area contributed by atoms with Crippen molar-refractivity contribution in [2.75, 3.05) is 17.7 Å². The molecule has 2 aromatic carbocycles. The zero-order chi connectivity index (χ0) is 18.5. The summed E-state index contributed by atoms with van der Waals surface area (Å²) in [4.78, 5) is 16.6. The van der Waals surface area contributed by atoms with Gasteiger partial charge >= 0.3 is 0 Å². The standard InChI is InChI=1S/C19H15Cl2N3O2/c1-26-15-5-3-13(4-6-15)23-14-8-9-22-18(11-14)19(25)24-17-10-12(20)2-7-16(17)21/h2-11H,1H3,(H,22,23)(H,24,25). The molecule has 0 unspecified atom stereocenters. The van der Waals surface area contributed by atoms with Gasteiger partial charge in [-0.3, -0.25) is 9.78 Å². The fourth-order valence-corrected chi connectivity index (χ4v) is 2.59. The van der Waals surface area contributed by atoms with Crippen LogP contribution in [0.1, 0.15) is 10.5 Å². The Morgan fingerprint density at radius 1 is 1.00 bits per heavy atom. The molecule has 0 radical (unpaired) electrons. The van der Waals surface area contributed by atoms with Crippen LogP contribution in [0.15, 0.2) is 60.8 Å². The Bertz CT molecular complexity index is 930. The van der Waals surface area contributed by atoms with Crippen molar-refractivity contribution in [2.24, 2.45) is 0 Å². The molecule has 0 saturated carbocycles. The van der Waals surface area contributed by atoms with Gasteiger partial charge in [-0.15, -0.1) is 0 Å². The van der Waals surface area contributed by atoms with Gasteiger partial charge in [0.15, 0.2) is 0 Å². The van der Waals surface area contributed by atoms with Crippen molar-refractivity contribution in [3.8, 4) is 5.75 Å². The average molecular weight is 388 g/mol. The number of aromatic nitrogens is 1. The summed E-state index contributed by atoms with van der Waals surface area (Å²) in [5.41, 5.74) is 2.27. The molecule has 3 rings (SSSR count). The number of pyridine rings is 1. The summed E-state index contributed by atoms with van der Waals surface area (Å²) in [5, 5.41) is 6.80. The lowest BCUT2D eigenvalue weighted by Crippen LogP contribution is -2.14. The molecule has 0 atom stereocenters. The summed E-state index contributed by atoms with van der Waals surface area (Å²) >= 11 is 12.0. The molecule has 1 aromatic heterocycles. The molecular formula is C19H15Cl2N3O2. The molecule has 5 nitrogen and oxygen atoms in total. The molecule has 0 spiro atoms. The smallest absolute Gasteiger partial charge is 0.274 e. The van der Waals surface area contributed by atoms with E-state index < -0.39 is 0 Å². The van der Waals surface area contributed by atoms with Gasteiger partial charge in [0.1, 0.15) is 11.4 Å². The van der Waals surface area contributed by atoms with Crippen LogP contribution in [-0.4, -0.2) is 18.0 Å². The van der Waals surface area contributed by atoms with Crippen molar-refractivity contribution >= 4 is 46.2 Å². The van der Waals surface area contributed by atoms with Crippen molar-refractivity contribution in [2.45, 2.75) is 0 Å². The lowest BCUT2D eigenvalue weighted by Gasteiger charge is -2.10. The third kappa shape index (κ3) is 4.45. The molecule has 1 amide bonds. The second kappa shape index (κ2) is 8.08. The lowest BCUT2D eigenvalue weighted by atomic mass is 10.2. The number of anilines is 3. The van der Waals surface area contributed by atoms with Crippen molar-refractivity contribution in [1.29, 1.82) is 0 Å². The van der Waals surface area contributed by atoms with Gasteiger partial charge in [0.25, 0.3) is 5.91 Å². The van der Waals surface area contributed by atoms with E-state index in [0.717, 1.165) is 17.1 Å². The predicted molar refractivity (Wildman–Crippen MR) is 105 cm³/mol. The zero-order valence-corrected chi connectivity index (χ0v) is 15.3. The number of amides is 1. The molecule has 132 valence electrons. The van der Waals surface area contributed by atoms with Crippen molar-refractivity contribution in [3.05, 3.63) is 76.5 Å². The minimum absolute atomic E-state index is 0.250. The van der Waals surface area contributed by atoms with E-state index in [9.17, 15) is 4.79 Å². The van der Waals surface area contributed by atoms with Gasteiger partial charge in [-0.2, -0.15) is 0 Å². The summed E-state index contributed by atoms with van der Waals surface area (Å²) in [5.74, 6) is 0.385. The number of hydrogen-bond donors (Lipinski definition) is 2. The van der Waals surface area contributed by atoms with Crippen LogP contribution in [0.4, 0.5) is 17.1 Å². The number of benzene rings is 2. The van der Waals surface area contributed by atoms with E-state index in [1.54, 1.807) is 43.6 Å². The molecule has 0 saturated heterocycles. The molecule has 0 aliphatic heterocycles. The molecule has 26 heavy (non-hydrogen) atoms. The zero-order valence-electron chi connectivity index (χ0n) is 13.8. The number of methoxy groups -OCH3 is 1. The number of hydrogen-bond acceptors (Lipinski definition) is 4. The Labute approximate surface area is 160 Å². The summed E-state index contributed by atoms with van der Waals surface area (Å²) in [6, 6.07) is 15.7. The molecule has 0 bridgehead atoms. The first-order valence-electron chi connectivity index (χ1n) is 7.69. The first-order valence-corrected chi connectivity index (χ1v) is 8.44. The fourth-order valence-electron chi connectivity index (χ4n) is 2.25. The summed E-state index contributed by atoms with van der Waals surface area (Å²) in [7, 11) is 1.61. The maximum absolute atomic E-state index is 12.4. The highest BCUT2D eigenvalue weighted by Gasteiger charge is 2.11. The molecular weight excluding hydrogens is 373 g/mol. The predicted octanol–water partition coefficient (Wildman–Crippen LogP) is 5.39. The van der Waals surface area contributed by atoms with E-state index in [1.807, 2.05) is 24.3 Å². The van der Waals surface area contributed by atoms with E-state index in [1.165, 1.54) is 0 Å². The second-order valence-electron chi connectivity index (χ2n) is 5.36. The van der Waals surface area contributed by atoms with Crippen molar-refractivity contribution in [1.82, 2.24) is 4.98 Å². The lowest BCUT2D eigenvalue weighted by molar-refractivity contribution is 0.102. The van der Waals surface area contributed by atoms with Gasteiger partial charge in [0.2, 0.25) is 0 Å². The van der Waals surface area contributed by atoms with Crippen LogP contribution < -0.4 is 15.4 Å². The second-order valence-corrected chi connectivity index (χ2v) is 6.21. The largest absolute Gasteiger partial charge is 0.497 e. The average Bonchev–Trinajstić information content (AvgIpc) is 2.65. The Morgan fingerprint density at radius 3 is 2.50 bits per heavy atom. The van der Waals surface area contributed by atoms with Crippen molar-refractivity contribution in [3.63, 3.8) is 0 Å². The highest BCUT2D eigenvalue weighted by Crippen LogP contribution is 2.26. The van der Waals surface area contributed by atoms with Crippen LogP contribution in [0, 0.1) is 0 Å². The van der Waals surface area contributed by atoms with Crippen LogP contribution in [0.5, 0.6) is 5.75 Å². The monoisotopic (exact) mass is 387 g/mol. The number of carbonyl (C=O) groups is 1. The van der Waals surface area contributed by atoms with Gasteiger partial charge in [-0.25, -0.2) is 0 Å². The maximum Gasteiger partial charge on any atom is 0.274 e. The van der Waals surface area contributed by atoms with Crippen LogP contribution in [0.3, 0.4) is 0 Å². The van der Waals surface area contributed by atoms with Crippen LogP contribution in [0.2, 0.25) is 10.0 Å². The first kappa shape index (κ1) is 18.0. The van der Waals surface area contributed by atoms with Gasteiger partial charge in [-0.1, -0.05) is 23.2 Å². The summed E-state index contributed by atoms with van der Waals surface area (Å²) in [6.07, 6.45) is 1.56. The van der Waals surface area contributed by atoms with Gasteiger partial charge in [0, 0.05) is 22.6 Å².